The number of hydrogen-bond donors (Lipinski definition) is 2. The fraction of sp³-hybridized carbons (Fsp3) is 0.727. The SMILES string of the molecule is CC(O)CNC1CCN(c2nccs2)CC1. The van der Waals surface area contributed by atoms with E-state index in [2.05, 4.69) is 15.2 Å². The largest absolute Gasteiger partial charge is 0.392 e. The van der Waals surface area contributed by atoms with Crippen LogP contribution in [-0.4, -0.2) is 41.9 Å². The highest BCUT2D eigenvalue weighted by molar-refractivity contribution is 7.13. The van der Waals surface area contributed by atoms with E-state index in [4.69, 9.17) is 0 Å². The predicted octanol–water partition coefficient (Wildman–Crippen LogP) is 1.08. The van der Waals surface area contributed by atoms with Gasteiger partial charge in [-0.1, -0.05) is 0 Å². The van der Waals surface area contributed by atoms with Crippen LogP contribution in [0.25, 0.3) is 0 Å². The Balaban J connectivity index is 1.74. The van der Waals surface area contributed by atoms with Crippen LogP contribution in [0.4, 0.5) is 5.13 Å². The predicted molar refractivity (Wildman–Crippen MR) is 67.0 cm³/mol. The third-order valence-corrected chi connectivity index (χ3v) is 3.72. The second-order valence-electron chi connectivity index (χ2n) is 4.33. The molecule has 2 heterocycles. The van der Waals surface area contributed by atoms with Gasteiger partial charge in [-0.2, -0.15) is 0 Å². The maximum Gasteiger partial charge on any atom is 0.185 e. The first-order valence-electron chi connectivity index (χ1n) is 5.81. The molecule has 1 aromatic heterocycles. The molecule has 0 spiro atoms. The normalized spacial score (nSPS) is 20.0. The third kappa shape index (κ3) is 3.17. The second-order valence-corrected chi connectivity index (χ2v) is 5.21. The van der Waals surface area contributed by atoms with Gasteiger partial charge >= 0.3 is 0 Å². The van der Waals surface area contributed by atoms with Gasteiger partial charge in [-0.15, -0.1) is 11.3 Å². The lowest BCUT2D eigenvalue weighted by molar-refractivity contribution is 0.183. The van der Waals surface area contributed by atoms with Crippen molar-refractivity contribution >= 4 is 16.5 Å². The van der Waals surface area contributed by atoms with E-state index in [1.165, 1.54) is 0 Å². The van der Waals surface area contributed by atoms with Gasteiger partial charge in [0.15, 0.2) is 5.13 Å². The molecule has 1 aliphatic heterocycles. The molecular formula is C11H19N3OS. The molecule has 0 aliphatic carbocycles. The van der Waals surface area contributed by atoms with Gasteiger partial charge in [0, 0.05) is 37.3 Å². The summed E-state index contributed by atoms with van der Waals surface area (Å²) in [6, 6.07) is 0.547. The maximum absolute atomic E-state index is 9.20. The van der Waals surface area contributed by atoms with Crippen molar-refractivity contribution in [1.82, 2.24) is 10.3 Å². The van der Waals surface area contributed by atoms with Crippen molar-refractivity contribution in [3.05, 3.63) is 11.6 Å². The molecule has 1 saturated heterocycles. The average molecular weight is 241 g/mol. The lowest BCUT2D eigenvalue weighted by atomic mass is 10.1. The molecule has 0 saturated carbocycles. The fourth-order valence-electron chi connectivity index (χ4n) is 1.98. The van der Waals surface area contributed by atoms with E-state index in [9.17, 15) is 5.11 Å². The number of aromatic nitrogens is 1. The molecule has 1 unspecified atom stereocenters. The Hall–Kier alpha value is -0.650. The summed E-state index contributed by atoms with van der Waals surface area (Å²) in [7, 11) is 0. The average Bonchev–Trinajstić information content (AvgIpc) is 2.80. The van der Waals surface area contributed by atoms with Gasteiger partial charge in [0.2, 0.25) is 0 Å². The summed E-state index contributed by atoms with van der Waals surface area (Å²) in [5.74, 6) is 0. The first kappa shape index (κ1) is 11.8. The van der Waals surface area contributed by atoms with Gasteiger partial charge in [-0.25, -0.2) is 4.98 Å². The minimum atomic E-state index is -0.253. The van der Waals surface area contributed by atoms with Crippen molar-refractivity contribution < 1.29 is 5.11 Å². The molecule has 2 rings (SSSR count). The number of aliphatic hydroxyl groups is 1. The maximum atomic E-state index is 9.20. The molecule has 0 radical (unpaired) electrons. The highest BCUT2D eigenvalue weighted by atomic mass is 32.1. The topological polar surface area (TPSA) is 48.4 Å². The van der Waals surface area contributed by atoms with Crippen LogP contribution in [0.15, 0.2) is 11.6 Å². The smallest absolute Gasteiger partial charge is 0.185 e. The van der Waals surface area contributed by atoms with Gasteiger partial charge in [-0.3, -0.25) is 0 Å². The summed E-state index contributed by atoms with van der Waals surface area (Å²) < 4.78 is 0. The van der Waals surface area contributed by atoms with E-state index in [1.54, 1.807) is 11.3 Å². The third-order valence-electron chi connectivity index (χ3n) is 2.89. The molecule has 5 heteroatoms. The minimum absolute atomic E-state index is 0.253. The summed E-state index contributed by atoms with van der Waals surface area (Å²) in [4.78, 5) is 6.66. The van der Waals surface area contributed by atoms with Crippen LogP contribution in [0.3, 0.4) is 0 Å². The van der Waals surface area contributed by atoms with Crippen LogP contribution in [0.5, 0.6) is 0 Å². The Morgan fingerprint density at radius 3 is 2.94 bits per heavy atom. The molecule has 0 amide bonds. The van der Waals surface area contributed by atoms with E-state index < -0.39 is 0 Å². The molecule has 16 heavy (non-hydrogen) atoms. The van der Waals surface area contributed by atoms with Crippen LogP contribution < -0.4 is 10.2 Å². The number of hydrogen-bond acceptors (Lipinski definition) is 5. The summed E-state index contributed by atoms with van der Waals surface area (Å²) >= 11 is 1.70. The van der Waals surface area contributed by atoms with Gasteiger partial charge in [0.25, 0.3) is 0 Å². The summed E-state index contributed by atoms with van der Waals surface area (Å²) in [5, 5.41) is 15.8. The highest BCUT2D eigenvalue weighted by Gasteiger charge is 2.20. The molecule has 1 fully saturated rings. The van der Waals surface area contributed by atoms with Crippen LogP contribution in [0.2, 0.25) is 0 Å². The molecule has 0 aromatic carbocycles. The van der Waals surface area contributed by atoms with Crippen molar-refractivity contribution in [2.75, 3.05) is 24.5 Å². The van der Waals surface area contributed by atoms with Crippen LogP contribution in [0.1, 0.15) is 19.8 Å². The molecule has 1 aliphatic rings. The second kappa shape index (κ2) is 5.61. The number of nitrogens with zero attached hydrogens (tertiary/aromatic N) is 2. The molecule has 1 aromatic rings. The van der Waals surface area contributed by atoms with Crippen molar-refractivity contribution in [3.63, 3.8) is 0 Å². The molecule has 1 atom stereocenters. The van der Waals surface area contributed by atoms with E-state index in [0.717, 1.165) is 31.1 Å². The van der Waals surface area contributed by atoms with Crippen molar-refractivity contribution in [3.8, 4) is 0 Å². The van der Waals surface area contributed by atoms with Crippen molar-refractivity contribution in [1.29, 1.82) is 0 Å². The number of aliphatic hydroxyl groups excluding tert-OH is 1. The first-order chi connectivity index (χ1) is 7.75. The van der Waals surface area contributed by atoms with Crippen LogP contribution in [-0.2, 0) is 0 Å². The summed E-state index contributed by atoms with van der Waals surface area (Å²) in [6.45, 7) is 4.63. The lowest BCUT2D eigenvalue weighted by Crippen LogP contribution is -2.44. The van der Waals surface area contributed by atoms with Gasteiger partial charge < -0.3 is 15.3 Å². The quantitative estimate of drug-likeness (QED) is 0.828. The zero-order valence-corrected chi connectivity index (χ0v) is 10.4. The lowest BCUT2D eigenvalue weighted by Gasteiger charge is -2.32. The number of rotatable bonds is 4. The van der Waals surface area contributed by atoms with Gasteiger partial charge in [-0.05, 0) is 19.8 Å². The number of piperidine rings is 1. The first-order valence-corrected chi connectivity index (χ1v) is 6.69. The van der Waals surface area contributed by atoms with Gasteiger partial charge in [0.1, 0.15) is 0 Å². The number of thiazole rings is 1. The molecule has 0 bridgehead atoms. The van der Waals surface area contributed by atoms with E-state index >= 15 is 0 Å². The fourth-order valence-corrected chi connectivity index (χ4v) is 2.68. The molecule has 90 valence electrons. The molecule has 2 N–H and O–H groups in total. The van der Waals surface area contributed by atoms with Crippen molar-refractivity contribution in [2.45, 2.75) is 31.9 Å². The Kier molecular flexibility index (Phi) is 4.15. The molecular weight excluding hydrogens is 222 g/mol. The van der Waals surface area contributed by atoms with E-state index in [-0.39, 0.29) is 6.10 Å². The van der Waals surface area contributed by atoms with E-state index in [1.807, 2.05) is 18.5 Å². The zero-order chi connectivity index (χ0) is 11.4. The Morgan fingerprint density at radius 1 is 1.62 bits per heavy atom. The summed E-state index contributed by atoms with van der Waals surface area (Å²) in [5.41, 5.74) is 0. The number of anilines is 1. The van der Waals surface area contributed by atoms with Gasteiger partial charge in [0.05, 0.1) is 6.10 Å². The van der Waals surface area contributed by atoms with Crippen LogP contribution >= 0.6 is 11.3 Å². The van der Waals surface area contributed by atoms with Crippen LogP contribution in [0, 0.1) is 0 Å². The van der Waals surface area contributed by atoms with Crippen molar-refractivity contribution in [2.24, 2.45) is 0 Å². The Labute approximate surface area is 100 Å². The highest BCUT2D eigenvalue weighted by Crippen LogP contribution is 2.21. The standard InChI is InChI=1S/C11H19N3OS/c1-9(15)8-13-10-2-5-14(6-3-10)11-12-4-7-16-11/h4,7,9-10,13,15H,2-3,5-6,8H2,1H3. The monoisotopic (exact) mass is 241 g/mol. The van der Waals surface area contributed by atoms with E-state index in [0.29, 0.717) is 12.6 Å². The Bertz CT molecular complexity index is 294. The Morgan fingerprint density at radius 2 is 2.38 bits per heavy atom. The minimum Gasteiger partial charge on any atom is -0.392 e. The summed E-state index contributed by atoms with van der Waals surface area (Å²) in [6.07, 6.45) is 3.87. The number of nitrogens with one attached hydrogen (secondary N) is 1. The zero-order valence-electron chi connectivity index (χ0n) is 9.59. The molecule has 4 nitrogen and oxygen atoms in total.